The average Bonchev–Trinajstić information content (AvgIpc) is 2.90. The van der Waals surface area contributed by atoms with Gasteiger partial charge in [-0.3, -0.25) is 19.2 Å². The van der Waals surface area contributed by atoms with Crippen molar-refractivity contribution in [3.63, 3.8) is 0 Å². The lowest BCUT2D eigenvalue weighted by atomic mass is 9.40. The molecule has 2 N–H and O–H groups in total. The van der Waals surface area contributed by atoms with Gasteiger partial charge in [-0.2, -0.15) is 0 Å². The van der Waals surface area contributed by atoms with Gasteiger partial charge in [0, 0.05) is 11.0 Å². The van der Waals surface area contributed by atoms with Crippen LogP contribution >= 0.6 is 0 Å². The van der Waals surface area contributed by atoms with Gasteiger partial charge in [-0.15, -0.1) is 0 Å². The van der Waals surface area contributed by atoms with Crippen molar-refractivity contribution in [3.05, 3.63) is 75.4 Å². The summed E-state index contributed by atoms with van der Waals surface area (Å²) in [5.74, 6) is 0.918. The Balaban J connectivity index is 1.74. The van der Waals surface area contributed by atoms with Crippen molar-refractivity contribution in [2.24, 2.45) is 28.6 Å². The molecule has 0 radical (unpaired) electrons. The molecule has 5 atom stereocenters. The minimum Gasteiger partial charge on any atom is -0.506 e. The smallest absolute Gasteiger partial charge is 0.206 e. The van der Waals surface area contributed by atoms with E-state index in [4.69, 9.17) is 0 Å². The number of aromatic hydroxyl groups is 1. The van der Waals surface area contributed by atoms with E-state index < -0.39 is 51.4 Å². The zero-order chi connectivity index (χ0) is 31.8. The molecule has 1 saturated carbocycles. The number of carbonyl (C=O) groups excluding carboxylic acids is 4. The summed E-state index contributed by atoms with van der Waals surface area (Å²) in [6, 6.07) is 11.1. The Bertz CT molecular complexity index is 1680. The highest BCUT2D eigenvalue weighted by Crippen LogP contribution is 2.64. The molecule has 0 heterocycles. The van der Waals surface area contributed by atoms with Crippen LogP contribution in [0.5, 0.6) is 5.75 Å². The Labute approximate surface area is 253 Å². The van der Waals surface area contributed by atoms with E-state index in [-0.39, 0.29) is 40.7 Å². The van der Waals surface area contributed by atoms with Gasteiger partial charge in [0.2, 0.25) is 5.78 Å². The fourth-order valence-corrected chi connectivity index (χ4v) is 8.86. The Morgan fingerprint density at radius 1 is 1.02 bits per heavy atom. The molecule has 0 bridgehead atoms. The van der Waals surface area contributed by atoms with Crippen molar-refractivity contribution in [2.45, 2.75) is 79.8 Å². The molecule has 224 valence electrons. The molecule has 0 saturated heterocycles. The molecule has 1 fully saturated rings. The van der Waals surface area contributed by atoms with Crippen LogP contribution in [-0.4, -0.2) is 38.9 Å². The fraction of sp³-hybridized carbons (Fsp3) is 0.459. The Kier molecular flexibility index (Phi) is 7.22. The molecule has 2 aromatic carbocycles. The van der Waals surface area contributed by atoms with Crippen molar-refractivity contribution in [1.82, 2.24) is 0 Å². The number of rotatable bonds is 3. The van der Waals surface area contributed by atoms with Gasteiger partial charge >= 0.3 is 0 Å². The molecule has 0 amide bonds. The van der Waals surface area contributed by atoms with Gasteiger partial charge in [0.15, 0.2) is 23.0 Å². The normalized spacial score (nSPS) is 30.1. The monoisotopic (exact) mass is 580 g/mol. The Morgan fingerprint density at radius 3 is 2.21 bits per heavy atom. The van der Waals surface area contributed by atoms with E-state index in [9.17, 15) is 29.4 Å². The largest absolute Gasteiger partial charge is 0.506 e. The minimum absolute atomic E-state index is 0.00522. The van der Waals surface area contributed by atoms with Crippen LogP contribution in [0.15, 0.2) is 47.5 Å². The lowest BCUT2D eigenvalue weighted by molar-refractivity contribution is -0.192. The van der Waals surface area contributed by atoms with Crippen LogP contribution in [-0.2, 0) is 20.8 Å². The molecule has 1 unspecified atom stereocenters. The van der Waals surface area contributed by atoms with E-state index in [1.54, 1.807) is 13.8 Å². The summed E-state index contributed by atoms with van der Waals surface area (Å²) in [5, 5.41) is 23.8. The maximum Gasteiger partial charge on any atom is 0.206 e. The molecule has 0 spiro atoms. The first kappa shape index (κ1) is 30.6. The van der Waals surface area contributed by atoms with Crippen molar-refractivity contribution in [3.8, 4) is 17.6 Å². The van der Waals surface area contributed by atoms with Gasteiger partial charge < -0.3 is 10.2 Å². The summed E-state index contributed by atoms with van der Waals surface area (Å²) in [4.78, 5) is 55.8. The van der Waals surface area contributed by atoms with Crippen molar-refractivity contribution in [2.75, 3.05) is 0 Å². The number of Topliss-reactive ketones (excluding diaryl/α,β-unsaturated/α-hetero) is 4. The van der Waals surface area contributed by atoms with E-state index in [1.165, 1.54) is 6.92 Å². The molecule has 3 aliphatic carbocycles. The second-order valence-electron chi connectivity index (χ2n) is 13.9. The maximum absolute atomic E-state index is 14.6. The van der Waals surface area contributed by atoms with Gasteiger partial charge in [-0.05, 0) is 79.2 Å². The third-order valence-corrected chi connectivity index (χ3v) is 10.3. The Hall–Kier alpha value is -3.82. The summed E-state index contributed by atoms with van der Waals surface area (Å²) in [6.45, 7) is 14.6. The standard InChI is InChI=1S/C37H40O6/c1-19(2)25-16-24(15-14-23-12-10-9-11-13-23)31(39)28-26(25)17-35(7)18-36(8)29(20(3)4)21(5)27(22(6)38)33(41)37(36,43)34(42)30(35)32(28)40/h9-13,16,19-20,29-30,39,43H,17-18H2,1-8H3/t29-,30?,35+,36+,37-/m1/s1. The molecule has 2 aromatic rings. The second kappa shape index (κ2) is 10.1. The van der Waals surface area contributed by atoms with Crippen molar-refractivity contribution < 1.29 is 29.4 Å². The number of ketones is 4. The number of phenols is 1. The average molecular weight is 581 g/mol. The molecular formula is C37H40O6. The SMILES string of the molecule is CC(=O)C1=C(C)[C@@H](C(C)C)[C@]2(C)C[C@]3(C)Cc4c(C(C)C)cc(C#Cc5ccccc5)c(O)c4C(=O)C3C(=O)[C@]2(O)C1=O. The van der Waals surface area contributed by atoms with Gasteiger partial charge in [0.05, 0.1) is 22.6 Å². The molecule has 6 heteroatoms. The fourth-order valence-electron chi connectivity index (χ4n) is 8.86. The number of allylic oxidation sites excluding steroid dienone is 1. The van der Waals surface area contributed by atoms with E-state index in [1.807, 2.05) is 71.0 Å². The van der Waals surface area contributed by atoms with Crippen molar-refractivity contribution >= 4 is 23.1 Å². The molecule has 3 aliphatic rings. The molecule has 0 aliphatic heterocycles. The third-order valence-electron chi connectivity index (χ3n) is 10.3. The number of hydrogen-bond donors (Lipinski definition) is 2. The molecule has 5 rings (SSSR count). The number of aliphatic hydroxyl groups is 1. The van der Waals surface area contributed by atoms with Crippen LogP contribution < -0.4 is 0 Å². The summed E-state index contributed by atoms with van der Waals surface area (Å²) in [5.41, 5.74) is -1.69. The second-order valence-corrected chi connectivity index (χ2v) is 13.9. The summed E-state index contributed by atoms with van der Waals surface area (Å²) in [7, 11) is 0. The van der Waals surface area contributed by atoms with E-state index in [2.05, 4.69) is 11.8 Å². The summed E-state index contributed by atoms with van der Waals surface area (Å²) in [6.07, 6.45) is 0.522. The molecule has 0 aromatic heterocycles. The van der Waals surface area contributed by atoms with E-state index in [0.29, 0.717) is 17.6 Å². The van der Waals surface area contributed by atoms with E-state index in [0.717, 1.165) is 11.1 Å². The number of carbonyl (C=O) groups is 4. The van der Waals surface area contributed by atoms with Gasteiger partial charge in [-0.1, -0.05) is 77.2 Å². The Morgan fingerprint density at radius 2 is 1.65 bits per heavy atom. The van der Waals surface area contributed by atoms with E-state index >= 15 is 0 Å². The van der Waals surface area contributed by atoms with Crippen LogP contribution in [0.3, 0.4) is 0 Å². The van der Waals surface area contributed by atoms with Gasteiger partial charge in [0.1, 0.15) is 5.75 Å². The zero-order valence-electron chi connectivity index (χ0n) is 26.2. The molecule has 43 heavy (non-hydrogen) atoms. The van der Waals surface area contributed by atoms with Crippen LogP contribution in [0.1, 0.15) is 100 Å². The highest BCUT2D eigenvalue weighted by Gasteiger charge is 2.73. The summed E-state index contributed by atoms with van der Waals surface area (Å²) < 4.78 is 0. The van der Waals surface area contributed by atoms with Gasteiger partial charge in [-0.25, -0.2) is 0 Å². The number of benzene rings is 2. The van der Waals surface area contributed by atoms with Crippen LogP contribution in [0.4, 0.5) is 0 Å². The minimum atomic E-state index is -2.55. The zero-order valence-corrected chi connectivity index (χ0v) is 26.2. The highest BCUT2D eigenvalue weighted by molar-refractivity contribution is 6.33. The third kappa shape index (κ3) is 4.19. The number of fused-ring (bicyclic) bond motifs is 3. The molecule has 6 nitrogen and oxygen atoms in total. The van der Waals surface area contributed by atoms with Crippen LogP contribution in [0.25, 0.3) is 0 Å². The highest BCUT2D eigenvalue weighted by atomic mass is 16.3. The van der Waals surface area contributed by atoms with Gasteiger partial charge in [0.25, 0.3) is 0 Å². The lowest BCUT2D eigenvalue weighted by Gasteiger charge is -2.62. The topological polar surface area (TPSA) is 109 Å². The number of phenolic OH excluding ortho intramolecular Hbond substituents is 1. The molecular weight excluding hydrogens is 540 g/mol. The predicted molar refractivity (Wildman–Crippen MR) is 164 cm³/mol. The first-order chi connectivity index (χ1) is 20.0. The number of hydrogen-bond acceptors (Lipinski definition) is 6. The van der Waals surface area contributed by atoms with Crippen LogP contribution in [0.2, 0.25) is 0 Å². The quantitative estimate of drug-likeness (QED) is 0.272. The first-order valence-electron chi connectivity index (χ1n) is 15.0. The van der Waals surface area contributed by atoms with Crippen LogP contribution in [0, 0.1) is 40.4 Å². The maximum atomic E-state index is 14.6. The lowest BCUT2D eigenvalue weighted by Crippen LogP contribution is -2.73. The summed E-state index contributed by atoms with van der Waals surface area (Å²) >= 11 is 0. The van der Waals surface area contributed by atoms with Crippen molar-refractivity contribution in [1.29, 1.82) is 0 Å². The predicted octanol–water partition coefficient (Wildman–Crippen LogP) is 5.75. The first-order valence-corrected chi connectivity index (χ1v) is 15.0.